The van der Waals surface area contributed by atoms with E-state index in [1.54, 1.807) is 8.52 Å². The predicted molar refractivity (Wildman–Crippen MR) is 186 cm³/mol. The molecule has 1 aromatic heterocycles. The van der Waals surface area contributed by atoms with Gasteiger partial charge in [-0.05, 0) is 0 Å². The summed E-state index contributed by atoms with van der Waals surface area (Å²) in [6, 6.07) is 24.4. The second kappa shape index (κ2) is 16.0. The van der Waals surface area contributed by atoms with Gasteiger partial charge in [-0.15, -0.1) is 0 Å². The van der Waals surface area contributed by atoms with Crippen molar-refractivity contribution in [2.75, 3.05) is 0 Å². The summed E-state index contributed by atoms with van der Waals surface area (Å²) in [7, 11) is 0. The van der Waals surface area contributed by atoms with Gasteiger partial charge in [-0.25, -0.2) is 0 Å². The van der Waals surface area contributed by atoms with Gasteiger partial charge < -0.3 is 0 Å². The Bertz CT molecular complexity index is 1410. The molecule has 0 fully saturated rings. The summed E-state index contributed by atoms with van der Waals surface area (Å²) in [6.07, 6.45) is 24.7. The Morgan fingerprint density at radius 2 is 0.780 bits per heavy atom. The van der Waals surface area contributed by atoms with Crippen LogP contribution in [0.4, 0.5) is 0 Å². The first-order chi connectivity index (χ1) is 20.2. The minimum absolute atomic E-state index is 0.397. The molecule has 41 heavy (non-hydrogen) atoms. The van der Waals surface area contributed by atoms with E-state index in [-0.39, 0.29) is 0 Å². The Kier molecular flexibility index (Phi) is 11.8. The van der Waals surface area contributed by atoms with E-state index in [4.69, 9.17) is 0 Å². The van der Waals surface area contributed by atoms with E-state index in [0.29, 0.717) is 14.5 Å². The van der Waals surface area contributed by atoms with Gasteiger partial charge in [0.25, 0.3) is 0 Å². The molecule has 0 aliphatic carbocycles. The Hall–Kier alpha value is -2.08. The molecule has 0 spiro atoms. The summed E-state index contributed by atoms with van der Waals surface area (Å²) in [5, 5.41) is 8.63. The Morgan fingerprint density at radius 1 is 0.390 bits per heavy atom. The van der Waals surface area contributed by atoms with Crippen LogP contribution in [-0.4, -0.2) is 14.5 Å². The Balaban J connectivity index is 1.22. The summed E-state index contributed by atoms with van der Waals surface area (Å²) in [5.41, 5.74) is 3.03. The molecule has 0 nitrogen and oxygen atoms in total. The van der Waals surface area contributed by atoms with Crippen LogP contribution in [0.15, 0.2) is 60.7 Å². The maximum absolute atomic E-state index is 2.51. The molecule has 0 saturated heterocycles. The first kappa shape index (κ1) is 30.4. The molecule has 0 atom stereocenters. The van der Waals surface area contributed by atoms with Crippen molar-refractivity contribution >= 4 is 55.3 Å². The first-order valence-electron chi connectivity index (χ1n) is 17.1. The van der Waals surface area contributed by atoms with Crippen LogP contribution in [0.3, 0.4) is 0 Å². The second-order valence-electron chi connectivity index (χ2n) is 12.6. The zero-order chi connectivity index (χ0) is 28.3. The van der Waals surface area contributed by atoms with Gasteiger partial charge in [-0.2, -0.15) is 0 Å². The van der Waals surface area contributed by atoms with E-state index in [0.717, 1.165) is 0 Å². The molecule has 0 aliphatic rings. The van der Waals surface area contributed by atoms with Crippen molar-refractivity contribution in [3.8, 4) is 0 Å². The molecule has 0 aliphatic heterocycles. The van der Waals surface area contributed by atoms with Gasteiger partial charge in [-0.1, -0.05) is 39.5 Å². The zero-order valence-corrected chi connectivity index (χ0v) is 27.6. The molecule has 1 heteroatoms. The van der Waals surface area contributed by atoms with Crippen LogP contribution in [0.2, 0.25) is 0 Å². The van der Waals surface area contributed by atoms with Crippen molar-refractivity contribution in [3.05, 3.63) is 71.8 Å². The third kappa shape index (κ3) is 8.49. The van der Waals surface area contributed by atoms with E-state index >= 15 is 0 Å². The summed E-state index contributed by atoms with van der Waals surface area (Å²) < 4.78 is 3.14. The van der Waals surface area contributed by atoms with Crippen molar-refractivity contribution in [1.29, 1.82) is 0 Å². The van der Waals surface area contributed by atoms with Crippen molar-refractivity contribution in [2.45, 2.75) is 129 Å². The third-order valence-electron chi connectivity index (χ3n) is 9.15. The number of hydrogen-bond acceptors (Lipinski definition) is 0. The van der Waals surface area contributed by atoms with Gasteiger partial charge in [0, 0.05) is 0 Å². The number of benzene rings is 4. The average Bonchev–Trinajstić information content (AvgIpc) is 3.33. The zero-order valence-electron chi connectivity index (χ0n) is 25.9. The molecular weight excluding hydrogens is 559 g/mol. The first-order valence-corrected chi connectivity index (χ1v) is 18.8. The molecule has 5 aromatic rings. The standard InChI is InChI=1S/C40H52Se/c1-3-5-7-9-11-13-15-17-19-31-21-23-33-27-37-38-28-34-24-22-32(20-18-16-14-12-10-8-6-4-2)26-36(34)30-40(38)41-39(37)29-35(33)25-31/h21-30H,3-20H2,1-2H3. The fraction of sp³-hybridized carbons (Fsp3) is 0.500. The fourth-order valence-corrected chi connectivity index (χ4v) is 9.05. The van der Waals surface area contributed by atoms with Crippen LogP contribution >= 0.6 is 0 Å². The van der Waals surface area contributed by atoms with Crippen molar-refractivity contribution in [2.24, 2.45) is 0 Å². The van der Waals surface area contributed by atoms with Crippen molar-refractivity contribution in [3.63, 3.8) is 0 Å². The second-order valence-corrected chi connectivity index (χ2v) is 14.9. The monoisotopic (exact) mass is 612 g/mol. The fourth-order valence-electron chi connectivity index (χ4n) is 6.60. The number of hydrogen-bond donors (Lipinski definition) is 0. The Labute approximate surface area is 255 Å². The minimum atomic E-state index is 0.397. The summed E-state index contributed by atoms with van der Waals surface area (Å²) in [4.78, 5) is 0. The summed E-state index contributed by atoms with van der Waals surface area (Å²) in [6.45, 7) is 4.60. The summed E-state index contributed by atoms with van der Waals surface area (Å²) in [5.74, 6) is 0. The van der Waals surface area contributed by atoms with Crippen LogP contribution in [-0.2, 0) is 12.8 Å². The Morgan fingerprint density at radius 3 is 1.20 bits per heavy atom. The molecule has 1 heterocycles. The normalized spacial score (nSPS) is 12.0. The van der Waals surface area contributed by atoms with E-state index in [9.17, 15) is 0 Å². The van der Waals surface area contributed by atoms with Gasteiger partial charge in [-0.3, -0.25) is 0 Å². The van der Waals surface area contributed by atoms with E-state index in [2.05, 4.69) is 74.5 Å². The molecule has 5 rings (SSSR count). The molecular formula is C40H52Se. The van der Waals surface area contributed by atoms with Crippen molar-refractivity contribution < 1.29 is 0 Å². The van der Waals surface area contributed by atoms with Crippen LogP contribution in [0, 0.1) is 0 Å². The van der Waals surface area contributed by atoms with E-state index < -0.39 is 0 Å². The molecule has 0 unspecified atom stereocenters. The molecule has 4 aromatic carbocycles. The van der Waals surface area contributed by atoms with Gasteiger partial charge in [0.15, 0.2) is 0 Å². The molecule has 218 valence electrons. The van der Waals surface area contributed by atoms with Crippen LogP contribution in [0.1, 0.15) is 128 Å². The van der Waals surface area contributed by atoms with Gasteiger partial charge in [0.1, 0.15) is 0 Å². The molecule has 0 amide bonds. The van der Waals surface area contributed by atoms with Gasteiger partial charge in [0.05, 0.1) is 0 Å². The van der Waals surface area contributed by atoms with E-state index in [1.807, 2.05) is 0 Å². The number of rotatable bonds is 18. The third-order valence-corrected chi connectivity index (χ3v) is 11.5. The quantitative estimate of drug-likeness (QED) is 0.0683. The molecule has 0 saturated carbocycles. The van der Waals surface area contributed by atoms with Crippen molar-refractivity contribution in [1.82, 2.24) is 0 Å². The van der Waals surface area contributed by atoms with Crippen LogP contribution in [0.25, 0.3) is 40.8 Å². The number of fused-ring (bicyclic) bond motifs is 5. The maximum atomic E-state index is 2.51. The number of unbranched alkanes of at least 4 members (excludes halogenated alkanes) is 14. The number of aryl methyl sites for hydroxylation is 2. The van der Waals surface area contributed by atoms with Crippen LogP contribution < -0.4 is 0 Å². The topological polar surface area (TPSA) is 0 Å². The molecule has 0 N–H and O–H groups in total. The molecule has 0 bridgehead atoms. The SMILES string of the molecule is CCCCCCCCCCc1ccc2cc3c(cc2c1)[se]c1cc2cc(CCCCCCCCCC)ccc2cc13. The van der Waals surface area contributed by atoms with Gasteiger partial charge in [0.2, 0.25) is 0 Å². The van der Waals surface area contributed by atoms with E-state index in [1.165, 1.54) is 159 Å². The molecule has 0 radical (unpaired) electrons. The van der Waals surface area contributed by atoms with Crippen LogP contribution in [0.5, 0.6) is 0 Å². The predicted octanol–water partition coefficient (Wildman–Crippen LogP) is 12.7. The summed E-state index contributed by atoms with van der Waals surface area (Å²) >= 11 is 0.397. The average molecular weight is 612 g/mol. The van der Waals surface area contributed by atoms with Gasteiger partial charge >= 0.3 is 217 Å².